The van der Waals surface area contributed by atoms with Crippen LogP contribution in [-0.2, 0) is 0 Å². The molecule has 0 bridgehead atoms. The fraction of sp³-hybridized carbons (Fsp3) is 0.0625. The van der Waals surface area contributed by atoms with E-state index in [0.29, 0.717) is 5.56 Å². The van der Waals surface area contributed by atoms with Crippen molar-refractivity contribution in [3.05, 3.63) is 65.1 Å². The molecule has 0 spiro atoms. The Hall–Kier alpha value is -2.26. The maximum Gasteiger partial charge on any atom is 0.228 e. The van der Waals surface area contributed by atoms with Crippen LogP contribution in [0.2, 0.25) is 5.22 Å². The van der Waals surface area contributed by atoms with Crippen molar-refractivity contribution >= 4 is 28.2 Å². The Morgan fingerprint density at radius 1 is 1.05 bits per heavy atom. The molecule has 0 aliphatic heterocycles. The Morgan fingerprint density at radius 2 is 1.80 bits per heavy atom. The number of benzene rings is 2. The van der Waals surface area contributed by atoms with Crippen molar-refractivity contribution in [2.24, 2.45) is 0 Å². The second-order valence-electron chi connectivity index (χ2n) is 4.29. The van der Waals surface area contributed by atoms with E-state index >= 15 is 0 Å². The maximum absolute atomic E-state index is 12.5. The van der Waals surface area contributed by atoms with Crippen molar-refractivity contribution in [3.8, 4) is 5.75 Å². The van der Waals surface area contributed by atoms with Gasteiger partial charge in [-0.05, 0) is 41.3 Å². The van der Waals surface area contributed by atoms with Crippen LogP contribution in [0, 0.1) is 0 Å². The first-order chi connectivity index (χ1) is 9.70. The third-order valence-corrected chi connectivity index (χ3v) is 3.35. The van der Waals surface area contributed by atoms with Gasteiger partial charge in [-0.25, -0.2) is 0 Å². The molecule has 0 atom stereocenters. The predicted molar refractivity (Wildman–Crippen MR) is 77.7 cm³/mol. The molecule has 4 heteroatoms. The maximum atomic E-state index is 12.5. The Balaban J connectivity index is 2.20. The molecule has 3 aromatic rings. The molecule has 1 aromatic heterocycles. The molecule has 3 rings (SSSR count). The molecule has 0 radical (unpaired) electrons. The monoisotopic (exact) mass is 286 g/mol. The zero-order chi connectivity index (χ0) is 14.1. The van der Waals surface area contributed by atoms with Crippen LogP contribution in [-0.4, -0.2) is 12.9 Å². The number of furan rings is 1. The van der Waals surface area contributed by atoms with Gasteiger partial charge in [0, 0.05) is 10.9 Å². The van der Waals surface area contributed by atoms with Crippen LogP contribution in [0.1, 0.15) is 16.1 Å². The van der Waals surface area contributed by atoms with Gasteiger partial charge in [0.2, 0.25) is 5.78 Å². The zero-order valence-corrected chi connectivity index (χ0v) is 11.5. The Morgan fingerprint density at radius 3 is 2.45 bits per heavy atom. The SMILES string of the molecule is COc1ccc(C(=O)c2ccc(Cl)o2)c2ccccc12. The van der Waals surface area contributed by atoms with Gasteiger partial charge in [0.25, 0.3) is 0 Å². The van der Waals surface area contributed by atoms with E-state index in [1.807, 2.05) is 24.3 Å². The van der Waals surface area contributed by atoms with Crippen LogP contribution in [0.4, 0.5) is 0 Å². The summed E-state index contributed by atoms with van der Waals surface area (Å²) in [5.41, 5.74) is 0.562. The van der Waals surface area contributed by atoms with E-state index in [9.17, 15) is 4.79 Å². The average molecular weight is 287 g/mol. The lowest BCUT2D eigenvalue weighted by Crippen LogP contribution is -2.01. The highest BCUT2D eigenvalue weighted by Crippen LogP contribution is 2.30. The van der Waals surface area contributed by atoms with Crippen LogP contribution in [0.5, 0.6) is 5.75 Å². The number of ketones is 1. The van der Waals surface area contributed by atoms with Crippen LogP contribution in [0.15, 0.2) is 52.9 Å². The van der Waals surface area contributed by atoms with Gasteiger partial charge in [0.05, 0.1) is 7.11 Å². The first-order valence-corrected chi connectivity index (χ1v) is 6.44. The minimum Gasteiger partial charge on any atom is -0.496 e. The Kier molecular flexibility index (Phi) is 3.20. The highest BCUT2D eigenvalue weighted by Gasteiger charge is 2.17. The number of halogens is 1. The summed E-state index contributed by atoms with van der Waals surface area (Å²) in [5.74, 6) is 0.760. The molecule has 0 saturated heterocycles. The Bertz CT molecular complexity index is 789. The smallest absolute Gasteiger partial charge is 0.228 e. The largest absolute Gasteiger partial charge is 0.496 e. The van der Waals surface area contributed by atoms with Crippen molar-refractivity contribution < 1.29 is 13.9 Å². The predicted octanol–water partition coefficient (Wildman–Crippen LogP) is 4.33. The van der Waals surface area contributed by atoms with Crippen molar-refractivity contribution in [1.82, 2.24) is 0 Å². The quantitative estimate of drug-likeness (QED) is 0.673. The van der Waals surface area contributed by atoms with Gasteiger partial charge in [0.15, 0.2) is 11.0 Å². The number of carbonyl (C=O) groups excluding carboxylic acids is 1. The minimum absolute atomic E-state index is 0.198. The van der Waals surface area contributed by atoms with Crippen molar-refractivity contribution in [3.63, 3.8) is 0 Å². The molecule has 3 nitrogen and oxygen atoms in total. The summed E-state index contributed by atoms with van der Waals surface area (Å²) in [6.07, 6.45) is 0. The van der Waals surface area contributed by atoms with Crippen molar-refractivity contribution in [2.45, 2.75) is 0 Å². The van der Waals surface area contributed by atoms with E-state index in [-0.39, 0.29) is 16.8 Å². The fourth-order valence-corrected chi connectivity index (χ4v) is 2.36. The summed E-state index contributed by atoms with van der Waals surface area (Å²) in [6, 6.07) is 14.2. The van der Waals surface area contributed by atoms with E-state index < -0.39 is 0 Å². The molecule has 1 heterocycles. The molecule has 0 N–H and O–H groups in total. The van der Waals surface area contributed by atoms with Gasteiger partial charge in [-0.1, -0.05) is 24.3 Å². The lowest BCUT2D eigenvalue weighted by Gasteiger charge is -2.08. The van der Waals surface area contributed by atoms with Crippen molar-refractivity contribution in [1.29, 1.82) is 0 Å². The van der Waals surface area contributed by atoms with E-state index in [1.54, 1.807) is 31.4 Å². The molecule has 20 heavy (non-hydrogen) atoms. The van der Waals surface area contributed by atoms with Crippen LogP contribution in [0.3, 0.4) is 0 Å². The van der Waals surface area contributed by atoms with Gasteiger partial charge < -0.3 is 9.15 Å². The van der Waals surface area contributed by atoms with E-state index in [0.717, 1.165) is 16.5 Å². The van der Waals surface area contributed by atoms with E-state index in [4.69, 9.17) is 20.8 Å². The van der Waals surface area contributed by atoms with Gasteiger partial charge in [-0.3, -0.25) is 4.79 Å². The summed E-state index contributed by atoms with van der Waals surface area (Å²) in [6.45, 7) is 0. The van der Waals surface area contributed by atoms with Crippen LogP contribution >= 0.6 is 11.6 Å². The van der Waals surface area contributed by atoms with E-state index in [1.165, 1.54) is 0 Å². The standard InChI is InChI=1S/C16H11ClO3/c1-19-13-7-6-12(10-4-2-3-5-11(10)13)16(18)14-8-9-15(17)20-14/h2-9H,1H3. The van der Waals surface area contributed by atoms with Crippen LogP contribution in [0.25, 0.3) is 10.8 Å². The number of hydrogen-bond donors (Lipinski definition) is 0. The third-order valence-electron chi connectivity index (χ3n) is 3.15. The number of fused-ring (bicyclic) bond motifs is 1. The number of carbonyl (C=O) groups is 1. The molecule has 0 aliphatic rings. The minimum atomic E-state index is -0.198. The lowest BCUT2D eigenvalue weighted by atomic mass is 9.99. The molecule has 0 unspecified atom stereocenters. The zero-order valence-electron chi connectivity index (χ0n) is 10.7. The van der Waals surface area contributed by atoms with Crippen molar-refractivity contribution in [2.75, 3.05) is 7.11 Å². The second-order valence-corrected chi connectivity index (χ2v) is 4.67. The topological polar surface area (TPSA) is 39.4 Å². The summed E-state index contributed by atoms with van der Waals surface area (Å²) >= 11 is 5.72. The van der Waals surface area contributed by atoms with Gasteiger partial charge in [-0.2, -0.15) is 0 Å². The molecule has 0 aliphatic carbocycles. The number of methoxy groups -OCH3 is 1. The second kappa shape index (κ2) is 5.02. The average Bonchev–Trinajstić information content (AvgIpc) is 2.92. The summed E-state index contributed by atoms with van der Waals surface area (Å²) in [5, 5.41) is 1.91. The Labute approximate surface area is 120 Å². The summed E-state index contributed by atoms with van der Waals surface area (Å²) in [4.78, 5) is 12.5. The highest BCUT2D eigenvalue weighted by atomic mass is 35.5. The first-order valence-electron chi connectivity index (χ1n) is 6.06. The molecular formula is C16H11ClO3. The number of ether oxygens (including phenoxy) is 1. The first kappa shape index (κ1) is 12.8. The lowest BCUT2D eigenvalue weighted by molar-refractivity contribution is 0.101. The molecule has 2 aromatic carbocycles. The summed E-state index contributed by atoms with van der Waals surface area (Å²) in [7, 11) is 1.61. The van der Waals surface area contributed by atoms with Crippen LogP contribution < -0.4 is 4.74 Å². The highest BCUT2D eigenvalue weighted by molar-refractivity contribution is 6.29. The number of rotatable bonds is 3. The fourth-order valence-electron chi connectivity index (χ4n) is 2.22. The van der Waals surface area contributed by atoms with E-state index in [2.05, 4.69) is 0 Å². The third kappa shape index (κ3) is 2.06. The van der Waals surface area contributed by atoms with Gasteiger partial charge in [-0.15, -0.1) is 0 Å². The molecule has 0 saturated carbocycles. The number of hydrogen-bond acceptors (Lipinski definition) is 3. The normalized spacial score (nSPS) is 10.7. The van der Waals surface area contributed by atoms with Gasteiger partial charge >= 0.3 is 0 Å². The molecule has 0 amide bonds. The summed E-state index contributed by atoms with van der Waals surface area (Å²) < 4.78 is 10.5. The molecule has 100 valence electrons. The molecular weight excluding hydrogens is 276 g/mol. The molecule has 0 fully saturated rings. The van der Waals surface area contributed by atoms with Gasteiger partial charge in [0.1, 0.15) is 5.75 Å².